The van der Waals surface area contributed by atoms with Crippen LogP contribution >= 0.6 is 0 Å². The SMILES string of the molecule is O=C(c1ccnc(F)c1)N1CCOC[C@@H]1c1nccc(N2CCCCC2)n1. The standard InChI is InChI=1S/C19H22FN5O2/c20-16-12-14(4-6-21-16)19(26)25-10-11-27-13-15(25)18-22-7-5-17(23-18)24-8-2-1-3-9-24/h4-7,12,15H,1-3,8-11,13H2/t15-/m1/s1. The Morgan fingerprint density at radius 1 is 1.11 bits per heavy atom. The zero-order chi connectivity index (χ0) is 18.6. The minimum absolute atomic E-state index is 0.265. The largest absolute Gasteiger partial charge is 0.377 e. The second-order valence-corrected chi connectivity index (χ2v) is 6.78. The third kappa shape index (κ3) is 3.90. The molecule has 0 aliphatic carbocycles. The quantitative estimate of drug-likeness (QED) is 0.771. The number of pyridine rings is 1. The second-order valence-electron chi connectivity index (χ2n) is 6.78. The van der Waals surface area contributed by atoms with Crippen molar-refractivity contribution in [3.8, 4) is 0 Å². The van der Waals surface area contributed by atoms with Crippen LogP contribution in [0.15, 0.2) is 30.6 Å². The Hall–Kier alpha value is -2.61. The average molecular weight is 371 g/mol. The molecule has 4 heterocycles. The fraction of sp³-hybridized carbons (Fsp3) is 0.474. The molecule has 0 saturated carbocycles. The van der Waals surface area contributed by atoms with Gasteiger partial charge < -0.3 is 14.5 Å². The number of hydrogen-bond donors (Lipinski definition) is 0. The first-order valence-electron chi connectivity index (χ1n) is 9.30. The lowest BCUT2D eigenvalue weighted by atomic mass is 10.1. The van der Waals surface area contributed by atoms with Crippen LogP contribution in [0.3, 0.4) is 0 Å². The van der Waals surface area contributed by atoms with Crippen LogP contribution in [0, 0.1) is 5.95 Å². The summed E-state index contributed by atoms with van der Waals surface area (Å²) in [6, 6.07) is 4.18. The van der Waals surface area contributed by atoms with Crippen molar-refractivity contribution in [1.29, 1.82) is 0 Å². The first-order valence-corrected chi connectivity index (χ1v) is 9.30. The van der Waals surface area contributed by atoms with Gasteiger partial charge in [0.25, 0.3) is 5.91 Å². The molecule has 2 aromatic heterocycles. The van der Waals surface area contributed by atoms with E-state index in [9.17, 15) is 9.18 Å². The maximum Gasteiger partial charge on any atom is 0.254 e. The highest BCUT2D eigenvalue weighted by Crippen LogP contribution is 2.26. The van der Waals surface area contributed by atoms with Crippen LogP contribution in [0.1, 0.15) is 41.5 Å². The molecule has 1 atom stereocenters. The van der Waals surface area contributed by atoms with E-state index in [1.807, 2.05) is 6.07 Å². The number of amides is 1. The molecular formula is C19H22FN5O2. The number of carbonyl (C=O) groups is 1. The molecule has 2 aromatic rings. The number of anilines is 1. The zero-order valence-corrected chi connectivity index (χ0v) is 15.1. The van der Waals surface area contributed by atoms with Gasteiger partial charge in [-0.3, -0.25) is 4.79 Å². The van der Waals surface area contributed by atoms with E-state index < -0.39 is 12.0 Å². The monoisotopic (exact) mass is 371 g/mol. The van der Waals surface area contributed by atoms with Gasteiger partial charge in [-0.25, -0.2) is 15.0 Å². The summed E-state index contributed by atoms with van der Waals surface area (Å²) < 4.78 is 19.0. The molecule has 0 radical (unpaired) electrons. The van der Waals surface area contributed by atoms with Crippen LogP contribution in [0.5, 0.6) is 0 Å². The average Bonchev–Trinajstić information content (AvgIpc) is 2.74. The topological polar surface area (TPSA) is 71.5 Å². The molecule has 0 aromatic carbocycles. The Labute approximate surface area is 157 Å². The highest BCUT2D eigenvalue weighted by atomic mass is 19.1. The van der Waals surface area contributed by atoms with Crippen molar-refractivity contribution in [2.24, 2.45) is 0 Å². The molecule has 7 nitrogen and oxygen atoms in total. The van der Waals surface area contributed by atoms with E-state index in [0.717, 1.165) is 37.8 Å². The molecule has 2 saturated heterocycles. The van der Waals surface area contributed by atoms with Gasteiger partial charge in [0.15, 0.2) is 5.82 Å². The van der Waals surface area contributed by atoms with E-state index in [-0.39, 0.29) is 11.5 Å². The fourth-order valence-corrected chi connectivity index (χ4v) is 3.59. The molecule has 1 amide bonds. The van der Waals surface area contributed by atoms with E-state index in [4.69, 9.17) is 9.72 Å². The predicted octanol–water partition coefficient (Wildman–Crippen LogP) is 2.21. The number of rotatable bonds is 3. The number of ether oxygens (including phenoxy) is 1. The molecule has 0 spiro atoms. The lowest BCUT2D eigenvalue weighted by Crippen LogP contribution is -2.44. The molecule has 2 aliphatic heterocycles. The summed E-state index contributed by atoms with van der Waals surface area (Å²) in [6.45, 7) is 3.13. The molecule has 0 N–H and O–H groups in total. The molecule has 142 valence electrons. The van der Waals surface area contributed by atoms with E-state index >= 15 is 0 Å². The Kier molecular flexibility index (Phi) is 5.24. The summed E-state index contributed by atoms with van der Waals surface area (Å²) >= 11 is 0. The van der Waals surface area contributed by atoms with Crippen molar-refractivity contribution in [2.45, 2.75) is 25.3 Å². The predicted molar refractivity (Wildman–Crippen MR) is 96.9 cm³/mol. The lowest BCUT2D eigenvalue weighted by molar-refractivity contribution is -0.00523. The summed E-state index contributed by atoms with van der Waals surface area (Å²) in [6.07, 6.45) is 6.59. The number of piperidine rings is 1. The van der Waals surface area contributed by atoms with Crippen LogP contribution < -0.4 is 4.90 Å². The van der Waals surface area contributed by atoms with Crippen molar-refractivity contribution in [2.75, 3.05) is 37.7 Å². The normalized spacial score (nSPS) is 20.6. The Bertz CT molecular complexity index is 812. The van der Waals surface area contributed by atoms with Crippen molar-refractivity contribution in [3.63, 3.8) is 0 Å². The molecular weight excluding hydrogens is 349 g/mol. The van der Waals surface area contributed by atoms with E-state index in [0.29, 0.717) is 25.6 Å². The molecule has 27 heavy (non-hydrogen) atoms. The van der Waals surface area contributed by atoms with Crippen LogP contribution in [0.25, 0.3) is 0 Å². The van der Waals surface area contributed by atoms with Gasteiger partial charge in [-0.2, -0.15) is 4.39 Å². The fourth-order valence-electron chi connectivity index (χ4n) is 3.59. The van der Waals surface area contributed by atoms with Gasteiger partial charge in [0, 0.05) is 43.7 Å². The maximum atomic E-state index is 13.4. The number of halogens is 1. The summed E-state index contributed by atoms with van der Waals surface area (Å²) in [5, 5.41) is 0. The third-order valence-electron chi connectivity index (χ3n) is 5.00. The smallest absolute Gasteiger partial charge is 0.254 e. The van der Waals surface area contributed by atoms with Crippen LogP contribution in [-0.4, -0.2) is 58.6 Å². The van der Waals surface area contributed by atoms with Gasteiger partial charge in [0.1, 0.15) is 11.9 Å². The molecule has 0 unspecified atom stereocenters. The van der Waals surface area contributed by atoms with Crippen molar-refractivity contribution in [1.82, 2.24) is 19.9 Å². The molecule has 2 fully saturated rings. The van der Waals surface area contributed by atoms with Crippen molar-refractivity contribution < 1.29 is 13.9 Å². The highest BCUT2D eigenvalue weighted by Gasteiger charge is 2.32. The Morgan fingerprint density at radius 3 is 2.74 bits per heavy atom. The Morgan fingerprint density at radius 2 is 1.93 bits per heavy atom. The number of aromatic nitrogens is 3. The first kappa shape index (κ1) is 17.8. The zero-order valence-electron chi connectivity index (χ0n) is 15.1. The van der Waals surface area contributed by atoms with Crippen molar-refractivity contribution >= 4 is 11.7 Å². The lowest BCUT2D eigenvalue weighted by Gasteiger charge is -2.35. The summed E-state index contributed by atoms with van der Waals surface area (Å²) in [4.78, 5) is 29.5. The van der Waals surface area contributed by atoms with Gasteiger partial charge in [0.05, 0.1) is 13.2 Å². The minimum atomic E-state index is -0.672. The molecule has 0 bridgehead atoms. The van der Waals surface area contributed by atoms with E-state index in [1.165, 1.54) is 18.7 Å². The first-order chi connectivity index (χ1) is 13.2. The molecule has 8 heteroatoms. The maximum absolute atomic E-state index is 13.4. The van der Waals surface area contributed by atoms with Crippen LogP contribution in [-0.2, 0) is 4.74 Å². The second kappa shape index (κ2) is 7.96. The molecule has 4 rings (SSSR count). The highest BCUT2D eigenvalue weighted by molar-refractivity contribution is 5.94. The minimum Gasteiger partial charge on any atom is -0.377 e. The van der Waals surface area contributed by atoms with E-state index in [2.05, 4.69) is 14.9 Å². The summed E-state index contributed by atoms with van der Waals surface area (Å²) in [5.41, 5.74) is 0.265. The number of hydrogen-bond acceptors (Lipinski definition) is 6. The number of nitrogens with zero attached hydrogens (tertiary/aromatic N) is 5. The van der Waals surface area contributed by atoms with Crippen LogP contribution in [0.4, 0.5) is 10.2 Å². The molecule has 2 aliphatic rings. The third-order valence-corrected chi connectivity index (χ3v) is 5.00. The number of carbonyl (C=O) groups excluding carboxylic acids is 1. The number of morpholine rings is 1. The van der Waals surface area contributed by atoms with Gasteiger partial charge in [-0.1, -0.05) is 0 Å². The van der Waals surface area contributed by atoms with Gasteiger partial charge in [-0.05, 0) is 31.4 Å². The van der Waals surface area contributed by atoms with Gasteiger partial charge in [-0.15, -0.1) is 0 Å². The summed E-state index contributed by atoms with van der Waals surface area (Å²) in [5.74, 6) is 0.499. The van der Waals surface area contributed by atoms with Crippen molar-refractivity contribution in [3.05, 3.63) is 47.9 Å². The van der Waals surface area contributed by atoms with Crippen LogP contribution in [0.2, 0.25) is 0 Å². The van der Waals surface area contributed by atoms with Gasteiger partial charge in [0.2, 0.25) is 5.95 Å². The Balaban J connectivity index is 1.60. The van der Waals surface area contributed by atoms with E-state index in [1.54, 1.807) is 11.1 Å². The van der Waals surface area contributed by atoms with Gasteiger partial charge >= 0.3 is 0 Å². The summed E-state index contributed by atoms with van der Waals surface area (Å²) in [7, 11) is 0.